The maximum Gasteiger partial charge on any atom is 0.324 e. The Morgan fingerprint density at radius 1 is 0.973 bits per heavy atom. The van der Waals surface area contributed by atoms with E-state index in [1.54, 1.807) is 30.3 Å². The number of aromatic nitrogens is 2. The van der Waals surface area contributed by atoms with Crippen molar-refractivity contribution in [1.29, 1.82) is 0 Å². The number of carbonyl (C=O) groups is 5. The fourth-order valence-electron chi connectivity index (χ4n) is 9.87. The van der Waals surface area contributed by atoms with E-state index >= 15 is 0 Å². The standard InChI is InChI=1S/C56H69N7O7.3H2S/c1-10-38-16-12-13-18-43(38)51-45-32-56(5,6)34-70-55(69)47-19-15-25-63(59-47)54(68)48(29-37-26-40(30-42(65)28-37)39-21-23-49(44(45)31-39)62(51)11-2)58-52(66)50(35(3)4)61(9)53(67)46-22-20-36(33-57-46)27-41(64)17-14-24-60(7)8;;;/h12-14,16-18,20-23,26,28,30-31,33,35,47-48,50,59,65H,10-11,15,19,24-25,27,29,32,34H2,1-9H3,(H,58,66);3*1H2/b17-14+;;;/t47-,48-,50-;;;/m0.../s1. The van der Waals surface area contributed by atoms with Gasteiger partial charge in [0.15, 0.2) is 5.78 Å². The molecular weight excluding hydrogens is 979 g/mol. The molecule has 3 N–H and O–H groups in total. The van der Waals surface area contributed by atoms with E-state index in [0.29, 0.717) is 36.9 Å². The van der Waals surface area contributed by atoms with Gasteiger partial charge in [-0.2, -0.15) is 40.5 Å². The van der Waals surface area contributed by atoms with Gasteiger partial charge in [0.1, 0.15) is 29.6 Å². The van der Waals surface area contributed by atoms with Gasteiger partial charge in [0.2, 0.25) is 5.91 Å². The molecule has 5 aromatic rings. The smallest absolute Gasteiger partial charge is 0.324 e. The van der Waals surface area contributed by atoms with Gasteiger partial charge in [-0.25, -0.2) is 5.43 Å². The van der Waals surface area contributed by atoms with Crippen molar-refractivity contribution in [3.63, 3.8) is 0 Å². The normalized spacial score (nSPS) is 17.2. The summed E-state index contributed by atoms with van der Waals surface area (Å²) >= 11 is 0. The predicted octanol–water partition coefficient (Wildman–Crippen LogP) is 7.67. The van der Waals surface area contributed by atoms with Crippen LogP contribution in [0.15, 0.2) is 91.1 Å². The number of esters is 1. The lowest BCUT2D eigenvalue weighted by atomic mass is 9.83. The van der Waals surface area contributed by atoms with Crippen LogP contribution in [0.3, 0.4) is 0 Å². The molecule has 14 nitrogen and oxygen atoms in total. The molecule has 2 aromatic heterocycles. The highest BCUT2D eigenvalue weighted by molar-refractivity contribution is 7.59. The summed E-state index contributed by atoms with van der Waals surface area (Å²) in [7, 11) is 5.36. The third kappa shape index (κ3) is 14.2. The van der Waals surface area contributed by atoms with E-state index < -0.39 is 53.1 Å². The molecule has 0 radical (unpaired) electrons. The Labute approximate surface area is 451 Å². The number of phenolic OH excluding ortho intramolecular Hbond substituents is 1. The summed E-state index contributed by atoms with van der Waals surface area (Å²) in [6.45, 7) is 13.9. The van der Waals surface area contributed by atoms with Gasteiger partial charge in [-0.05, 0) is 122 Å². The monoisotopic (exact) mass is 1050 g/mol. The van der Waals surface area contributed by atoms with E-state index in [1.165, 1.54) is 34.8 Å². The lowest BCUT2D eigenvalue weighted by molar-refractivity contribution is -0.155. The van der Waals surface area contributed by atoms with Gasteiger partial charge < -0.3 is 29.5 Å². The minimum atomic E-state index is -1.18. The molecule has 0 saturated carbocycles. The molecule has 7 rings (SSSR count). The number of benzene rings is 3. The van der Waals surface area contributed by atoms with Crippen LogP contribution in [0.1, 0.15) is 87.1 Å². The van der Waals surface area contributed by atoms with Crippen molar-refractivity contribution in [2.45, 2.75) is 105 Å². The number of hydrazine groups is 1. The van der Waals surface area contributed by atoms with Gasteiger partial charge in [-0.15, -0.1) is 0 Å². The molecule has 394 valence electrons. The van der Waals surface area contributed by atoms with E-state index in [1.807, 2.05) is 45.0 Å². The first-order chi connectivity index (χ1) is 33.4. The average molecular weight is 1050 g/mol. The van der Waals surface area contributed by atoms with Crippen LogP contribution in [0.25, 0.3) is 33.3 Å². The van der Waals surface area contributed by atoms with Gasteiger partial charge >= 0.3 is 5.97 Å². The Hall–Kier alpha value is -5.59. The number of allylic oxidation sites excluding steroid dienone is 1. The second-order valence-electron chi connectivity index (χ2n) is 20.2. The van der Waals surface area contributed by atoms with Gasteiger partial charge in [0.05, 0.1) is 12.3 Å². The number of ether oxygens (including phenoxy) is 1. The van der Waals surface area contributed by atoms with Crippen molar-refractivity contribution in [2.24, 2.45) is 11.3 Å². The first kappa shape index (κ1) is 60.0. The van der Waals surface area contributed by atoms with Crippen molar-refractivity contribution >= 4 is 80.9 Å². The van der Waals surface area contributed by atoms with Crippen LogP contribution in [0.4, 0.5) is 0 Å². The number of likely N-dealkylation sites (N-methyl/N-ethyl adjacent to an activating group) is 2. The Morgan fingerprint density at radius 2 is 1.71 bits per heavy atom. The van der Waals surface area contributed by atoms with Crippen molar-refractivity contribution in [3.05, 3.63) is 119 Å². The third-order valence-corrected chi connectivity index (χ3v) is 13.3. The van der Waals surface area contributed by atoms with E-state index in [2.05, 4.69) is 84.4 Å². The molecule has 73 heavy (non-hydrogen) atoms. The molecule has 3 atom stereocenters. The highest BCUT2D eigenvalue weighted by Gasteiger charge is 2.38. The summed E-state index contributed by atoms with van der Waals surface area (Å²) in [6.07, 6.45) is 7.35. The number of nitrogens with zero attached hydrogens (tertiary/aromatic N) is 5. The Kier molecular flexibility index (Phi) is 21.4. The zero-order valence-corrected chi connectivity index (χ0v) is 46.7. The molecule has 17 heteroatoms. The maximum absolute atomic E-state index is 14.8. The minimum Gasteiger partial charge on any atom is -0.508 e. The van der Waals surface area contributed by atoms with E-state index in [9.17, 15) is 29.1 Å². The summed E-state index contributed by atoms with van der Waals surface area (Å²) in [5.41, 5.74) is 11.3. The third-order valence-electron chi connectivity index (χ3n) is 13.3. The predicted molar refractivity (Wildman–Crippen MR) is 304 cm³/mol. The average Bonchev–Trinajstić information content (AvgIpc) is 3.63. The van der Waals surface area contributed by atoms with Crippen molar-refractivity contribution in [3.8, 4) is 28.1 Å². The lowest BCUT2D eigenvalue weighted by Crippen LogP contribution is -2.62. The number of amides is 3. The lowest BCUT2D eigenvalue weighted by Gasteiger charge is -2.36. The fraction of sp³-hybridized carbons (Fsp3) is 0.429. The molecule has 0 aliphatic carbocycles. The molecule has 3 aromatic carbocycles. The summed E-state index contributed by atoms with van der Waals surface area (Å²) in [4.78, 5) is 77.5. The number of rotatable bonds is 13. The number of hydrogen-bond acceptors (Lipinski definition) is 10. The fourth-order valence-corrected chi connectivity index (χ4v) is 9.87. The molecule has 0 unspecified atom stereocenters. The number of carbonyl (C=O) groups excluding carboxylic acids is 5. The summed E-state index contributed by atoms with van der Waals surface area (Å²) in [5.74, 6) is -2.51. The summed E-state index contributed by atoms with van der Waals surface area (Å²) < 4.78 is 8.48. The highest BCUT2D eigenvalue weighted by Crippen LogP contribution is 2.41. The second kappa shape index (κ2) is 26.1. The topological polar surface area (TPSA) is 166 Å². The first-order valence-electron chi connectivity index (χ1n) is 24.5. The van der Waals surface area contributed by atoms with Crippen molar-refractivity contribution < 1.29 is 33.8 Å². The van der Waals surface area contributed by atoms with Crippen LogP contribution in [-0.2, 0) is 56.1 Å². The van der Waals surface area contributed by atoms with Gasteiger partial charge in [-0.1, -0.05) is 83.2 Å². The SMILES string of the molecule is CCc1ccccc1-c1c2c3cc(ccc3n1CC)-c1cc(O)cc(c1)C[C@H](NC(=O)[C@H](C(C)C)N(C)C(=O)c1ccc(CC(=O)/C=C/CN(C)C)cn1)C(=O)N1CCC[C@H](N1)C(=O)OCC(C)(C)C2.S.S.S. The molecule has 4 heterocycles. The zero-order valence-electron chi connectivity index (χ0n) is 43.7. The van der Waals surface area contributed by atoms with Crippen LogP contribution in [-0.4, -0.2) is 118 Å². The molecule has 2 aliphatic heterocycles. The minimum absolute atomic E-state index is 0. The number of cyclic esters (lactones) is 1. The molecule has 2 aliphatic rings. The Bertz CT molecular complexity index is 2790. The molecule has 1 saturated heterocycles. The van der Waals surface area contributed by atoms with E-state index in [4.69, 9.17) is 4.74 Å². The number of aromatic hydroxyl groups is 1. The summed E-state index contributed by atoms with van der Waals surface area (Å²) in [6, 6.07) is 20.3. The highest BCUT2D eigenvalue weighted by atomic mass is 32.1. The number of hydrogen-bond donors (Lipinski definition) is 3. The maximum atomic E-state index is 14.8. The molecule has 6 bridgehead atoms. The van der Waals surface area contributed by atoms with E-state index in [-0.39, 0.29) is 83.7 Å². The second-order valence-corrected chi connectivity index (χ2v) is 20.2. The number of pyridine rings is 1. The molecule has 3 amide bonds. The van der Waals surface area contributed by atoms with E-state index in [0.717, 1.165) is 51.8 Å². The van der Waals surface area contributed by atoms with Crippen LogP contribution in [0.5, 0.6) is 5.75 Å². The van der Waals surface area contributed by atoms with Crippen molar-refractivity contribution in [1.82, 2.24) is 35.1 Å². The van der Waals surface area contributed by atoms with Crippen molar-refractivity contribution in [2.75, 3.05) is 40.8 Å². The number of fused-ring (bicyclic) bond motifs is 6. The number of nitrogens with one attached hydrogen (secondary N) is 2. The van der Waals surface area contributed by atoms with Crippen LogP contribution >= 0.6 is 40.5 Å². The Morgan fingerprint density at radius 3 is 2.38 bits per heavy atom. The van der Waals surface area contributed by atoms with Crippen LogP contribution in [0, 0.1) is 11.3 Å². The van der Waals surface area contributed by atoms with Gasteiger partial charge in [0, 0.05) is 67.6 Å². The summed E-state index contributed by atoms with van der Waals surface area (Å²) in [5, 5.41) is 16.8. The van der Waals surface area contributed by atoms with Gasteiger partial charge in [0.25, 0.3) is 11.8 Å². The molecular formula is C56H75N7O7S3. The first-order valence-corrected chi connectivity index (χ1v) is 24.5. The quantitative estimate of drug-likeness (QED) is 0.0787. The number of ketones is 1. The zero-order chi connectivity index (χ0) is 50.4. The molecule has 0 spiro atoms. The van der Waals surface area contributed by atoms with Crippen LogP contribution in [0.2, 0.25) is 0 Å². The Balaban J connectivity index is 0.00000385. The largest absolute Gasteiger partial charge is 0.508 e. The van der Waals surface area contributed by atoms with Gasteiger partial charge in [-0.3, -0.25) is 34.0 Å². The molecule has 1 fully saturated rings. The van der Waals surface area contributed by atoms with Crippen LogP contribution < -0.4 is 10.7 Å². The number of aryl methyl sites for hydroxylation is 2. The number of phenols is 1.